The first-order chi connectivity index (χ1) is 11.0. The van der Waals surface area contributed by atoms with E-state index in [2.05, 4.69) is 18.8 Å². The second kappa shape index (κ2) is 7.77. The van der Waals surface area contributed by atoms with Crippen LogP contribution in [-0.4, -0.2) is 24.2 Å². The van der Waals surface area contributed by atoms with Crippen molar-refractivity contribution in [2.75, 3.05) is 13.2 Å². The van der Waals surface area contributed by atoms with Gasteiger partial charge in [0, 0.05) is 11.5 Å². The second-order valence-corrected chi connectivity index (χ2v) is 5.83. The van der Waals surface area contributed by atoms with Crippen molar-refractivity contribution in [3.05, 3.63) is 41.6 Å². The van der Waals surface area contributed by atoms with Crippen LogP contribution in [-0.2, 0) is 9.53 Å². The molecule has 0 amide bonds. The molecule has 4 heteroatoms. The summed E-state index contributed by atoms with van der Waals surface area (Å²) < 4.78 is 10.6. The summed E-state index contributed by atoms with van der Waals surface area (Å²) in [6.45, 7) is 9.11. The third-order valence-electron chi connectivity index (χ3n) is 3.27. The maximum absolute atomic E-state index is 11.4. The zero-order valence-electron chi connectivity index (χ0n) is 14.1. The fourth-order valence-electron chi connectivity index (χ4n) is 2.18. The first kappa shape index (κ1) is 17.0. The number of benzene rings is 1. The van der Waals surface area contributed by atoms with Crippen LogP contribution in [0, 0.1) is 12.8 Å². The summed E-state index contributed by atoms with van der Waals surface area (Å²) in [7, 11) is 0. The first-order valence-electron chi connectivity index (χ1n) is 7.88. The van der Waals surface area contributed by atoms with Gasteiger partial charge in [-0.3, -0.25) is 0 Å². The van der Waals surface area contributed by atoms with E-state index in [0.29, 0.717) is 19.1 Å². The lowest BCUT2D eigenvalue weighted by atomic mass is 10.1. The van der Waals surface area contributed by atoms with E-state index in [0.717, 1.165) is 27.9 Å². The molecule has 0 bridgehead atoms. The second-order valence-electron chi connectivity index (χ2n) is 5.83. The number of esters is 1. The first-order valence-corrected chi connectivity index (χ1v) is 7.88. The molecule has 4 nitrogen and oxygen atoms in total. The van der Waals surface area contributed by atoms with Gasteiger partial charge in [0.05, 0.1) is 24.4 Å². The molecule has 0 radical (unpaired) electrons. The summed E-state index contributed by atoms with van der Waals surface area (Å²) in [5.74, 6) is 0.982. The Morgan fingerprint density at radius 1 is 1.30 bits per heavy atom. The molecule has 0 atom stereocenters. The van der Waals surface area contributed by atoms with Gasteiger partial charge in [-0.2, -0.15) is 0 Å². The van der Waals surface area contributed by atoms with Crippen LogP contribution >= 0.6 is 0 Å². The van der Waals surface area contributed by atoms with Crippen LogP contribution in [0.1, 0.15) is 32.0 Å². The number of carbonyl (C=O) groups is 1. The van der Waals surface area contributed by atoms with Crippen molar-refractivity contribution in [2.45, 2.75) is 27.7 Å². The standard InChI is InChI=1S/C19H23NO3/c1-5-22-19(21)9-6-15-10-14(4)17-11-16(23-12-13(2)3)7-8-18(17)20-15/h6-11,13H,5,12H2,1-4H3/b9-6+. The van der Waals surface area contributed by atoms with E-state index >= 15 is 0 Å². The Bertz CT molecular complexity index is 720. The number of aryl methyl sites for hydroxylation is 1. The molecule has 122 valence electrons. The number of hydrogen-bond donors (Lipinski definition) is 0. The number of carbonyl (C=O) groups excluding carboxylic acids is 1. The molecule has 1 heterocycles. The highest BCUT2D eigenvalue weighted by atomic mass is 16.5. The summed E-state index contributed by atoms with van der Waals surface area (Å²) in [6, 6.07) is 7.83. The maximum Gasteiger partial charge on any atom is 0.330 e. The Morgan fingerprint density at radius 2 is 2.09 bits per heavy atom. The minimum atomic E-state index is -0.357. The molecule has 0 N–H and O–H groups in total. The topological polar surface area (TPSA) is 48.4 Å². The van der Waals surface area contributed by atoms with Crippen LogP contribution in [0.2, 0.25) is 0 Å². The summed E-state index contributed by atoms with van der Waals surface area (Å²) in [6.07, 6.45) is 3.07. The molecular formula is C19H23NO3. The van der Waals surface area contributed by atoms with Crippen LogP contribution in [0.25, 0.3) is 17.0 Å². The highest BCUT2D eigenvalue weighted by Crippen LogP contribution is 2.24. The largest absolute Gasteiger partial charge is 0.493 e. The molecule has 0 fully saturated rings. The molecule has 0 saturated heterocycles. The molecular weight excluding hydrogens is 290 g/mol. The Labute approximate surface area is 137 Å². The van der Waals surface area contributed by atoms with Gasteiger partial charge in [-0.1, -0.05) is 13.8 Å². The highest BCUT2D eigenvalue weighted by Gasteiger charge is 2.05. The van der Waals surface area contributed by atoms with E-state index in [1.807, 2.05) is 31.2 Å². The van der Waals surface area contributed by atoms with Gasteiger partial charge in [0.15, 0.2) is 0 Å². The van der Waals surface area contributed by atoms with E-state index in [1.165, 1.54) is 6.08 Å². The smallest absolute Gasteiger partial charge is 0.330 e. The zero-order chi connectivity index (χ0) is 16.8. The number of aromatic nitrogens is 1. The van der Waals surface area contributed by atoms with Gasteiger partial charge < -0.3 is 9.47 Å². The third kappa shape index (κ3) is 4.81. The predicted molar refractivity (Wildman–Crippen MR) is 92.5 cm³/mol. The van der Waals surface area contributed by atoms with E-state index < -0.39 is 0 Å². The fraction of sp³-hybridized carbons (Fsp3) is 0.368. The Balaban J connectivity index is 2.25. The third-order valence-corrected chi connectivity index (χ3v) is 3.27. The van der Waals surface area contributed by atoms with Gasteiger partial charge in [-0.25, -0.2) is 9.78 Å². The molecule has 0 aliphatic heterocycles. The Hall–Kier alpha value is -2.36. The normalized spacial score (nSPS) is 11.3. The SMILES string of the molecule is CCOC(=O)/C=C/c1cc(C)c2cc(OCC(C)C)ccc2n1. The average molecular weight is 313 g/mol. The number of hydrogen-bond acceptors (Lipinski definition) is 4. The molecule has 0 saturated carbocycles. The molecule has 1 aromatic heterocycles. The van der Waals surface area contributed by atoms with Crippen molar-refractivity contribution in [3.63, 3.8) is 0 Å². The zero-order valence-corrected chi connectivity index (χ0v) is 14.1. The van der Waals surface area contributed by atoms with Crippen molar-refractivity contribution in [1.82, 2.24) is 4.98 Å². The van der Waals surface area contributed by atoms with Gasteiger partial charge in [0.25, 0.3) is 0 Å². The number of rotatable bonds is 6. The lowest BCUT2D eigenvalue weighted by molar-refractivity contribution is -0.137. The van der Waals surface area contributed by atoms with Crippen molar-refractivity contribution in [1.29, 1.82) is 0 Å². The monoisotopic (exact) mass is 313 g/mol. The quantitative estimate of drug-likeness (QED) is 0.593. The lowest BCUT2D eigenvalue weighted by Gasteiger charge is -2.10. The Kier molecular flexibility index (Phi) is 5.74. The minimum absolute atomic E-state index is 0.357. The predicted octanol–water partition coefficient (Wildman–Crippen LogP) is 4.15. The molecule has 1 aromatic carbocycles. The summed E-state index contributed by atoms with van der Waals surface area (Å²) in [5.41, 5.74) is 2.71. The highest BCUT2D eigenvalue weighted by molar-refractivity contribution is 5.88. The van der Waals surface area contributed by atoms with Crippen molar-refractivity contribution >= 4 is 22.9 Å². The summed E-state index contributed by atoms with van der Waals surface area (Å²) >= 11 is 0. The lowest BCUT2D eigenvalue weighted by Crippen LogP contribution is -2.04. The van der Waals surface area contributed by atoms with Gasteiger partial charge in [-0.15, -0.1) is 0 Å². The maximum atomic E-state index is 11.4. The van der Waals surface area contributed by atoms with Crippen molar-refractivity contribution in [2.24, 2.45) is 5.92 Å². The number of nitrogens with zero attached hydrogens (tertiary/aromatic N) is 1. The van der Waals surface area contributed by atoms with Crippen LogP contribution in [0.3, 0.4) is 0 Å². The van der Waals surface area contributed by atoms with E-state index in [-0.39, 0.29) is 5.97 Å². The summed E-state index contributed by atoms with van der Waals surface area (Å²) in [5, 5.41) is 1.06. The average Bonchev–Trinajstić information content (AvgIpc) is 2.51. The van der Waals surface area contributed by atoms with E-state index in [1.54, 1.807) is 13.0 Å². The van der Waals surface area contributed by atoms with Gasteiger partial charge in [0.2, 0.25) is 0 Å². The Morgan fingerprint density at radius 3 is 2.78 bits per heavy atom. The van der Waals surface area contributed by atoms with Gasteiger partial charge >= 0.3 is 5.97 Å². The van der Waals surface area contributed by atoms with Crippen molar-refractivity contribution < 1.29 is 14.3 Å². The van der Waals surface area contributed by atoms with Gasteiger partial charge in [-0.05, 0) is 55.7 Å². The molecule has 0 spiro atoms. The van der Waals surface area contributed by atoms with Crippen LogP contribution in [0.5, 0.6) is 5.75 Å². The number of pyridine rings is 1. The van der Waals surface area contributed by atoms with Crippen LogP contribution in [0.4, 0.5) is 0 Å². The van der Waals surface area contributed by atoms with Crippen LogP contribution < -0.4 is 4.74 Å². The molecule has 0 aliphatic rings. The molecule has 23 heavy (non-hydrogen) atoms. The summed E-state index contributed by atoms with van der Waals surface area (Å²) in [4.78, 5) is 15.9. The van der Waals surface area contributed by atoms with E-state index in [4.69, 9.17) is 9.47 Å². The molecule has 0 unspecified atom stereocenters. The number of fused-ring (bicyclic) bond motifs is 1. The molecule has 0 aliphatic carbocycles. The molecule has 2 aromatic rings. The van der Waals surface area contributed by atoms with E-state index in [9.17, 15) is 4.79 Å². The molecule has 2 rings (SSSR count). The fourth-order valence-corrected chi connectivity index (χ4v) is 2.18. The van der Waals surface area contributed by atoms with Crippen LogP contribution in [0.15, 0.2) is 30.3 Å². The minimum Gasteiger partial charge on any atom is -0.493 e. The van der Waals surface area contributed by atoms with Gasteiger partial charge in [0.1, 0.15) is 5.75 Å². The van der Waals surface area contributed by atoms with Crippen molar-refractivity contribution in [3.8, 4) is 5.75 Å². The number of ether oxygens (including phenoxy) is 2.